The maximum absolute atomic E-state index is 13.7. The summed E-state index contributed by atoms with van der Waals surface area (Å²) in [7, 11) is -3.45. The highest BCUT2D eigenvalue weighted by Crippen LogP contribution is 2.43. The summed E-state index contributed by atoms with van der Waals surface area (Å²) < 4.78 is 70.8. The summed E-state index contributed by atoms with van der Waals surface area (Å²) in [6.45, 7) is 2.02. The summed E-state index contributed by atoms with van der Waals surface area (Å²) >= 11 is 6.60. The third-order valence-electron chi connectivity index (χ3n) is 7.92. The number of aryl methyl sites for hydroxylation is 1. The molecule has 8 nitrogen and oxygen atoms in total. The minimum Gasteiger partial charge on any atom is -0.450 e. The van der Waals surface area contributed by atoms with Gasteiger partial charge in [-0.1, -0.05) is 35.9 Å². The molecule has 3 aromatic carbocycles. The van der Waals surface area contributed by atoms with E-state index < -0.39 is 45.2 Å². The Morgan fingerprint density at radius 1 is 1.07 bits per heavy atom. The van der Waals surface area contributed by atoms with Crippen molar-refractivity contribution < 1.29 is 45.4 Å². The topological polar surface area (TPSA) is 107 Å². The predicted molar refractivity (Wildman–Crippen MR) is 154 cm³/mol. The molecule has 232 valence electrons. The van der Waals surface area contributed by atoms with Crippen molar-refractivity contribution in [1.29, 1.82) is 0 Å². The molecule has 0 N–H and O–H groups in total. The van der Waals surface area contributed by atoms with E-state index in [-0.39, 0.29) is 48.2 Å². The minimum atomic E-state index is -4.82. The van der Waals surface area contributed by atoms with E-state index in [0.29, 0.717) is 27.8 Å². The average Bonchev–Trinajstić information content (AvgIpc) is 3.18. The van der Waals surface area contributed by atoms with Crippen LogP contribution in [0, 0.1) is 6.92 Å². The van der Waals surface area contributed by atoms with Crippen LogP contribution in [-0.4, -0.2) is 62.3 Å². The lowest BCUT2D eigenvalue weighted by Gasteiger charge is -2.37. The van der Waals surface area contributed by atoms with Crippen molar-refractivity contribution in [2.45, 2.75) is 49.0 Å². The van der Waals surface area contributed by atoms with Crippen LogP contribution in [0.25, 0.3) is 11.1 Å². The van der Waals surface area contributed by atoms with Gasteiger partial charge in [-0.2, -0.15) is 0 Å². The molecule has 2 aliphatic rings. The molecule has 1 unspecified atom stereocenters. The van der Waals surface area contributed by atoms with Gasteiger partial charge in [0.05, 0.1) is 11.3 Å². The highest BCUT2D eigenvalue weighted by atomic mass is 35.5. The normalized spacial score (nSPS) is 18.4. The van der Waals surface area contributed by atoms with E-state index in [2.05, 4.69) is 4.74 Å². The number of likely N-dealkylation sites (tertiary alicyclic amines) is 1. The average molecular weight is 650 g/mol. The van der Waals surface area contributed by atoms with Crippen LogP contribution in [0.2, 0.25) is 5.02 Å². The number of sulfone groups is 1. The van der Waals surface area contributed by atoms with Crippen molar-refractivity contribution >= 4 is 39.1 Å². The lowest BCUT2D eigenvalue weighted by atomic mass is 9.80. The molecule has 0 aliphatic carbocycles. The molecule has 2 saturated heterocycles. The zero-order valence-electron chi connectivity index (χ0n) is 23.6. The van der Waals surface area contributed by atoms with Gasteiger partial charge in [-0.15, -0.1) is 13.2 Å². The number of Topliss-reactive ketones (excluding diaryl/α,β-unsaturated/α-hetero) is 1. The fourth-order valence-electron chi connectivity index (χ4n) is 5.62. The fraction of sp³-hybridized carbons (Fsp3) is 0.323. The number of carbonyl (C=O) groups excluding carboxylic acids is 3. The molecule has 3 aromatic rings. The molecule has 0 aromatic heterocycles. The Bertz CT molecular complexity index is 1750. The van der Waals surface area contributed by atoms with Gasteiger partial charge in [-0.25, -0.2) is 8.42 Å². The van der Waals surface area contributed by atoms with Gasteiger partial charge < -0.3 is 14.4 Å². The number of esters is 1. The second-order valence-electron chi connectivity index (χ2n) is 11.0. The summed E-state index contributed by atoms with van der Waals surface area (Å²) in [5.41, 5.74) is 1.19. The number of nitrogens with zero attached hydrogens (tertiary/aromatic N) is 1. The van der Waals surface area contributed by atoms with Crippen molar-refractivity contribution in [3.8, 4) is 16.9 Å². The van der Waals surface area contributed by atoms with E-state index in [1.807, 2.05) is 0 Å². The van der Waals surface area contributed by atoms with Gasteiger partial charge in [0.2, 0.25) is 5.91 Å². The van der Waals surface area contributed by atoms with Crippen LogP contribution in [-0.2, 0) is 35.4 Å². The molecule has 2 fully saturated rings. The van der Waals surface area contributed by atoms with E-state index >= 15 is 0 Å². The van der Waals surface area contributed by atoms with Crippen LogP contribution < -0.4 is 4.74 Å². The molecule has 1 spiro atoms. The molecule has 5 rings (SSSR count). The number of halogens is 4. The second-order valence-corrected chi connectivity index (χ2v) is 13.4. The Balaban J connectivity index is 1.28. The van der Waals surface area contributed by atoms with Crippen LogP contribution in [0.3, 0.4) is 0 Å². The molecule has 0 bridgehead atoms. The first-order valence-electron chi connectivity index (χ1n) is 13.6. The molecular weight excluding hydrogens is 623 g/mol. The Morgan fingerprint density at radius 2 is 1.73 bits per heavy atom. The Morgan fingerprint density at radius 3 is 2.34 bits per heavy atom. The largest absolute Gasteiger partial charge is 0.573 e. The number of hydrogen-bond donors (Lipinski definition) is 0. The zero-order chi connectivity index (χ0) is 32.0. The number of piperidine rings is 1. The Hall–Kier alpha value is -3.90. The van der Waals surface area contributed by atoms with Crippen molar-refractivity contribution in [2.75, 3.05) is 19.3 Å². The molecule has 0 radical (unpaired) electrons. The number of hydrogen-bond acceptors (Lipinski definition) is 7. The van der Waals surface area contributed by atoms with Gasteiger partial charge in [0.1, 0.15) is 11.7 Å². The van der Waals surface area contributed by atoms with E-state index in [1.54, 1.807) is 25.1 Å². The highest BCUT2D eigenvalue weighted by molar-refractivity contribution is 7.90. The molecule has 1 atom stereocenters. The van der Waals surface area contributed by atoms with Crippen LogP contribution in [0.4, 0.5) is 13.2 Å². The highest BCUT2D eigenvalue weighted by Gasteiger charge is 2.57. The molecule has 44 heavy (non-hydrogen) atoms. The summed E-state index contributed by atoms with van der Waals surface area (Å²) in [4.78, 5) is 41.4. The molecule has 2 heterocycles. The summed E-state index contributed by atoms with van der Waals surface area (Å²) in [6, 6.07) is 14.5. The Labute approximate surface area is 256 Å². The quantitative estimate of drug-likeness (QED) is 0.259. The van der Waals surface area contributed by atoms with Crippen molar-refractivity contribution in [3.63, 3.8) is 0 Å². The number of carbonyl (C=O) groups is 3. The molecular formula is C31H27ClF3NO7S. The lowest BCUT2D eigenvalue weighted by molar-refractivity contribution is -0.274. The van der Waals surface area contributed by atoms with Crippen LogP contribution >= 0.6 is 11.6 Å². The van der Waals surface area contributed by atoms with Gasteiger partial charge in [0.25, 0.3) is 0 Å². The molecule has 0 saturated carbocycles. The third kappa shape index (κ3) is 6.46. The van der Waals surface area contributed by atoms with Crippen molar-refractivity contribution in [2.24, 2.45) is 0 Å². The van der Waals surface area contributed by atoms with E-state index in [9.17, 15) is 36.0 Å². The molecule has 1 amide bonds. The minimum absolute atomic E-state index is 0.0627. The summed E-state index contributed by atoms with van der Waals surface area (Å²) in [5, 5.41) is 0.233. The second kappa shape index (κ2) is 11.6. The number of ketones is 1. The van der Waals surface area contributed by atoms with Crippen LogP contribution in [0.1, 0.15) is 35.4 Å². The number of alkyl halides is 3. The maximum atomic E-state index is 13.7. The maximum Gasteiger partial charge on any atom is 0.573 e. The lowest BCUT2D eigenvalue weighted by Crippen LogP contribution is -2.50. The van der Waals surface area contributed by atoms with Crippen LogP contribution in [0.5, 0.6) is 5.75 Å². The zero-order valence-corrected chi connectivity index (χ0v) is 25.2. The third-order valence-corrected chi connectivity index (χ3v) is 9.34. The predicted octanol–water partition coefficient (Wildman–Crippen LogP) is 5.43. The first-order valence-corrected chi connectivity index (χ1v) is 15.8. The van der Waals surface area contributed by atoms with Crippen molar-refractivity contribution in [3.05, 3.63) is 82.4 Å². The number of amides is 1. The van der Waals surface area contributed by atoms with Gasteiger partial charge >= 0.3 is 12.3 Å². The van der Waals surface area contributed by atoms with Gasteiger partial charge in [-0.3, -0.25) is 14.4 Å². The first kappa shape index (κ1) is 31.5. The Kier molecular flexibility index (Phi) is 8.27. The van der Waals surface area contributed by atoms with E-state index in [4.69, 9.17) is 16.3 Å². The van der Waals surface area contributed by atoms with Gasteiger partial charge in [-0.05, 0) is 65.6 Å². The fourth-order valence-corrected chi connectivity index (χ4v) is 6.57. The first-order chi connectivity index (χ1) is 20.6. The van der Waals surface area contributed by atoms with Gasteiger partial charge in [0.15, 0.2) is 21.2 Å². The summed E-state index contributed by atoms with van der Waals surface area (Å²) in [6.07, 6.45) is -3.58. The monoisotopic (exact) mass is 649 g/mol. The number of rotatable bonds is 6. The van der Waals surface area contributed by atoms with Crippen molar-refractivity contribution in [1.82, 2.24) is 4.90 Å². The summed E-state index contributed by atoms with van der Waals surface area (Å²) in [5.74, 6) is -3.00. The van der Waals surface area contributed by atoms with E-state index in [0.717, 1.165) is 18.4 Å². The van der Waals surface area contributed by atoms with Gasteiger partial charge in [0, 0.05) is 42.8 Å². The number of benzene rings is 3. The standard InChI is InChI=1S/C31H27ClF3NO7S/c1-18-14-24(20-4-3-5-22(16-20)44(2,40)41)25(32)17-23(18)27-28(38)30(43-29(27)39)10-12-36(13-11-30)26(37)15-19-6-8-21(9-7-19)42-31(33,34)35/h3-9,14,16-17,27H,10-13,15H2,1-2H3. The van der Waals surface area contributed by atoms with E-state index in [1.165, 1.54) is 35.2 Å². The SMILES string of the molecule is Cc1cc(-c2cccc(S(C)(=O)=O)c2)c(Cl)cc1C1C(=O)OC2(CCN(C(=O)Cc3ccc(OC(F)(F)F)cc3)CC2)C1=O. The number of ether oxygens (including phenoxy) is 2. The molecule has 2 aliphatic heterocycles. The van der Waals surface area contributed by atoms with Crippen LogP contribution in [0.15, 0.2) is 65.6 Å². The smallest absolute Gasteiger partial charge is 0.450 e. The molecule has 13 heteroatoms.